The topological polar surface area (TPSA) is 41.3 Å². The first-order chi connectivity index (χ1) is 9.12. The number of hydrazine groups is 1. The Morgan fingerprint density at radius 1 is 1.26 bits per heavy atom. The second-order valence-electron chi connectivity index (χ2n) is 4.60. The van der Waals surface area contributed by atoms with Gasteiger partial charge in [-0.25, -0.2) is 0 Å². The number of rotatable bonds is 8. The number of benzene rings is 1. The number of nitrogens with two attached hydrogens (primary N) is 1. The van der Waals surface area contributed by atoms with E-state index in [1.165, 1.54) is 0 Å². The molecular weight excluding hydrogens is 281 g/mol. The van der Waals surface area contributed by atoms with Crippen molar-refractivity contribution in [2.45, 2.75) is 32.7 Å². The summed E-state index contributed by atoms with van der Waals surface area (Å²) in [5, 5.41) is 1.23. The minimum Gasteiger partial charge on any atom is -0.304 e. The van der Waals surface area contributed by atoms with E-state index in [0.717, 1.165) is 38.0 Å². The van der Waals surface area contributed by atoms with E-state index < -0.39 is 0 Å². The second kappa shape index (κ2) is 8.77. The third-order valence-electron chi connectivity index (χ3n) is 3.42. The third kappa shape index (κ3) is 5.28. The fraction of sp³-hybridized carbons (Fsp3) is 0.571. The average molecular weight is 304 g/mol. The highest BCUT2D eigenvalue weighted by atomic mass is 35.5. The van der Waals surface area contributed by atoms with Crippen molar-refractivity contribution in [3.63, 3.8) is 0 Å². The van der Waals surface area contributed by atoms with Gasteiger partial charge in [0.2, 0.25) is 0 Å². The van der Waals surface area contributed by atoms with Crippen molar-refractivity contribution in [2.75, 3.05) is 19.6 Å². The Morgan fingerprint density at radius 3 is 2.53 bits per heavy atom. The maximum Gasteiger partial charge on any atom is 0.0624 e. The van der Waals surface area contributed by atoms with E-state index in [1.807, 2.05) is 12.1 Å². The Kier molecular flexibility index (Phi) is 7.73. The summed E-state index contributed by atoms with van der Waals surface area (Å²) in [4.78, 5) is 2.38. The molecule has 3 nitrogen and oxygen atoms in total. The van der Waals surface area contributed by atoms with Crippen molar-refractivity contribution in [3.05, 3.63) is 33.8 Å². The quantitative estimate of drug-likeness (QED) is 0.573. The van der Waals surface area contributed by atoms with Gasteiger partial charge < -0.3 is 4.90 Å². The van der Waals surface area contributed by atoms with Crippen LogP contribution in [0.15, 0.2) is 18.2 Å². The van der Waals surface area contributed by atoms with Gasteiger partial charge in [0.15, 0.2) is 0 Å². The first-order valence-electron chi connectivity index (χ1n) is 6.73. The molecule has 0 saturated carbocycles. The molecule has 1 atom stereocenters. The smallest absolute Gasteiger partial charge is 0.0624 e. The van der Waals surface area contributed by atoms with E-state index >= 15 is 0 Å². The summed E-state index contributed by atoms with van der Waals surface area (Å²) in [6.45, 7) is 7.49. The summed E-state index contributed by atoms with van der Waals surface area (Å²) in [6.07, 6.45) is 1.78. The lowest BCUT2D eigenvalue weighted by Crippen LogP contribution is -2.39. The molecule has 0 aliphatic heterocycles. The van der Waals surface area contributed by atoms with Crippen LogP contribution in [0.25, 0.3) is 0 Å². The first kappa shape index (κ1) is 16.7. The van der Waals surface area contributed by atoms with E-state index in [1.54, 1.807) is 6.07 Å². The van der Waals surface area contributed by atoms with Crippen LogP contribution in [0.1, 0.15) is 25.8 Å². The Labute approximate surface area is 126 Å². The molecule has 0 heterocycles. The molecule has 1 aromatic carbocycles. The standard InChI is InChI=1S/C14H23Cl2N3/c1-3-19(4-2)9-8-12(18-17)10-11-6-5-7-13(15)14(11)16/h5-7,12,18H,3-4,8-10,17H2,1-2H3. The molecule has 0 aliphatic rings. The van der Waals surface area contributed by atoms with Crippen molar-refractivity contribution in [2.24, 2.45) is 5.84 Å². The van der Waals surface area contributed by atoms with Gasteiger partial charge in [0.25, 0.3) is 0 Å². The Morgan fingerprint density at radius 2 is 1.95 bits per heavy atom. The minimum absolute atomic E-state index is 0.205. The molecule has 108 valence electrons. The van der Waals surface area contributed by atoms with Crippen LogP contribution in [0.4, 0.5) is 0 Å². The summed E-state index contributed by atoms with van der Waals surface area (Å²) in [5.74, 6) is 5.63. The lowest BCUT2D eigenvalue weighted by atomic mass is 10.0. The van der Waals surface area contributed by atoms with Gasteiger partial charge in [0.05, 0.1) is 10.0 Å². The number of hydrogen-bond acceptors (Lipinski definition) is 3. The van der Waals surface area contributed by atoms with Crippen LogP contribution in [0.3, 0.4) is 0 Å². The van der Waals surface area contributed by atoms with Crippen molar-refractivity contribution >= 4 is 23.2 Å². The molecule has 0 fully saturated rings. The summed E-state index contributed by atoms with van der Waals surface area (Å²) in [5.41, 5.74) is 3.91. The maximum absolute atomic E-state index is 6.20. The molecule has 1 unspecified atom stereocenters. The van der Waals surface area contributed by atoms with E-state index in [2.05, 4.69) is 24.2 Å². The SMILES string of the molecule is CCN(CC)CCC(Cc1cccc(Cl)c1Cl)NN. The van der Waals surface area contributed by atoms with Crippen LogP contribution in [0.5, 0.6) is 0 Å². The van der Waals surface area contributed by atoms with Gasteiger partial charge in [-0.1, -0.05) is 49.2 Å². The molecule has 19 heavy (non-hydrogen) atoms. The normalized spacial score (nSPS) is 12.9. The molecule has 0 saturated heterocycles. The molecule has 0 bridgehead atoms. The second-order valence-corrected chi connectivity index (χ2v) is 5.38. The summed E-state index contributed by atoms with van der Waals surface area (Å²) in [6, 6.07) is 5.92. The van der Waals surface area contributed by atoms with E-state index in [0.29, 0.717) is 10.0 Å². The zero-order valence-corrected chi connectivity index (χ0v) is 13.1. The fourth-order valence-electron chi connectivity index (χ4n) is 2.09. The first-order valence-corrected chi connectivity index (χ1v) is 7.49. The van der Waals surface area contributed by atoms with Crippen LogP contribution < -0.4 is 11.3 Å². The zero-order chi connectivity index (χ0) is 14.3. The molecule has 5 heteroatoms. The Balaban J connectivity index is 2.59. The van der Waals surface area contributed by atoms with Crippen LogP contribution in [-0.2, 0) is 6.42 Å². The van der Waals surface area contributed by atoms with Crippen molar-refractivity contribution < 1.29 is 0 Å². The van der Waals surface area contributed by atoms with Crippen molar-refractivity contribution in [1.29, 1.82) is 0 Å². The fourth-order valence-corrected chi connectivity index (χ4v) is 2.49. The number of hydrogen-bond donors (Lipinski definition) is 2. The molecule has 1 aromatic rings. The van der Waals surface area contributed by atoms with Crippen LogP contribution in [-0.4, -0.2) is 30.6 Å². The lowest BCUT2D eigenvalue weighted by Gasteiger charge is -2.22. The molecule has 0 aromatic heterocycles. The Hall–Kier alpha value is -0.320. The third-order valence-corrected chi connectivity index (χ3v) is 4.28. The minimum atomic E-state index is 0.205. The lowest BCUT2D eigenvalue weighted by molar-refractivity contribution is 0.281. The van der Waals surface area contributed by atoms with Gasteiger partial charge in [-0.05, 0) is 44.1 Å². The van der Waals surface area contributed by atoms with Crippen LogP contribution in [0, 0.1) is 0 Å². The van der Waals surface area contributed by atoms with Crippen molar-refractivity contribution in [1.82, 2.24) is 10.3 Å². The van der Waals surface area contributed by atoms with E-state index in [-0.39, 0.29) is 6.04 Å². The molecule has 1 rings (SSSR count). The molecule has 3 N–H and O–H groups in total. The van der Waals surface area contributed by atoms with Gasteiger partial charge in [0, 0.05) is 6.04 Å². The van der Waals surface area contributed by atoms with Gasteiger partial charge in [-0.15, -0.1) is 0 Å². The highest BCUT2D eigenvalue weighted by Crippen LogP contribution is 2.26. The molecule has 0 aliphatic carbocycles. The molecule has 0 amide bonds. The summed E-state index contributed by atoms with van der Waals surface area (Å²) in [7, 11) is 0. The predicted octanol–water partition coefficient (Wildman–Crippen LogP) is 3.10. The van der Waals surface area contributed by atoms with Gasteiger partial charge in [-0.3, -0.25) is 11.3 Å². The maximum atomic E-state index is 6.20. The van der Waals surface area contributed by atoms with E-state index in [9.17, 15) is 0 Å². The van der Waals surface area contributed by atoms with Gasteiger partial charge in [-0.2, -0.15) is 0 Å². The van der Waals surface area contributed by atoms with Crippen molar-refractivity contribution in [3.8, 4) is 0 Å². The largest absolute Gasteiger partial charge is 0.304 e. The summed E-state index contributed by atoms with van der Waals surface area (Å²) >= 11 is 12.2. The van der Waals surface area contributed by atoms with E-state index in [4.69, 9.17) is 29.0 Å². The highest BCUT2D eigenvalue weighted by molar-refractivity contribution is 6.42. The average Bonchev–Trinajstić information content (AvgIpc) is 2.43. The number of nitrogens with zero attached hydrogens (tertiary/aromatic N) is 1. The molecular formula is C14H23Cl2N3. The van der Waals surface area contributed by atoms with Gasteiger partial charge >= 0.3 is 0 Å². The zero-order valence-electron chi connectivity index (χ0n) is 11.6. The highest BCUT2D eigenvalue weighted by Gasteiger charge is 2.13. The molecule has 0 spiro atoms. The summed E-state index contributed by atoms with van der Waals surface area (Å²) < 4.78 is 0. The number of nitrogens with one attached hydrogen (secondary N) is 1. The predicted molar refractivity (Wildman–Crippen MR) is 83.7 cm³/mol. The monoisotopic (exact) mass is 303 g/mol. The Bertz CT molecular complexity index is 381. The van der Waals surface area contributed by atoms with Crippen LogP contribution >= 0.6 is 23.2 Å². The van der Waals surface area contributed by atoms with Crippen LogP contribution in [0.2, 0.25) is 10.0 Å². The number of halogens is 2. The molecule has 0 radical (unpaired) electrons. The van der Waals surface area contributed by atoms with Gasteiger partial charge in [0.1, 0.15) is 0 Å².